The summed E-state index contributed by atoms with van der Waals surface area (Å²) in [5, 5.41) is 2.60. The number of nitrogens with two attached hydrogens (primary N) is 1. The Balaban J connectivity index is 0.00000364. The zero-order valence-electron chi connectivity index (χ0n) is 14.8. The molecular formula is C16H21ClN4O5S. The largest absolute Gasteiger partial charge is 0.493 e. The lowest BCUT2D eigenvalue weighted by Crippen LogP contribution is -2.27. The molecule has 0 radical (unpaired) electrons. The molecule has 1 heterocycles. The number of nitrogens with one attached hydrogen (secondary N) is 2. The number of nitrogen functional groups attached to an aromatic ring is 1. The number of ether oxygens (including phenoxy) is 2. The zero-order valence-corrected chi connectivity index (χ0v) is 16.4. The molecule has 1 amide bonds. The minimum atomic E-state index is -3.79. The number of methoxy groups -OCH3 is 2. The molecule has 0 bridgehead atoms. The number of rotatable bonds is 8. The second-order valence-corrected chi connectivity index (χ2v) is 6.95. The average Bonchev–Trinajstić information content (AvgIpc) is 2.62. The summed E-state index contributed by atoms with van der Waals surface area (Å²) in [6.07, 6.45) is 1.37. The lowest BCUT2D eigenvalue weighted by Gasteiger charge is -2.11. The molecule has 0 atom stereocenters. The SMILES string of the molecule is COc1ccc(S(=O)(=O)NCCC(=O)Nc2ccc(N)nc2)cc1OC.Cl. The molecule has 0 fully saturated rings. The van der Waals surface area contributed by atoms with Crippen molar-refractivity contribution in [3.05, 3.63) is 36.5 Å². The van der Waals surface area contributed by atoms with E-state index in [1.165, 1.54) is 38.6 Å². The molecule has 2 aromatic rings. The zero-order chi connectivity index (χ0) is 19.2. The predicted molar refractivity (Wildman–Crippen MR) is 104 cm³/mol. The molecule has 1 aromatic heterocycles. The van der Waals surface area contributed by atoms with Crippen molar-refractivity contribution in [1.82, 2.24) is 9.71 Å². The van der Waals surface area contributed by atoms with E-state index in [1.807, 2.05) is 0 Å². The van der Waals surface area contributed by atoms with E-state index in [9.17, 15) is 13.2 Å². The molecule has 0 aliphatic carbocycles. The van der Waals surface area contributed by atoms with E-state index in [0.717, 1.165) is 0 Å². The molecular weight excluding hydrogens is 396 g/mol. The average molecular weight is 417 g/mol. The van der Waals surface area contributed by atoms with Crippen molar-refractivity contribution in [3.8, 4) is 11.5 Å². The van der Waals surface area contributed by atoms with E-state index in [0.29, 0.717) is 23.0 Å². The number of hydrogen-bond donors (Lipinski definition) is 3. The lowest BCUT2D eigenvalue weighted by atomic mass is 10.3. The summed E-state index contributed by atoms with van der Waals surface area (Å²) < 4.78 is 37.2. The molecule has 148 valence electrons. The van der Waals surface area contributed by atoms with Crippen molar-refractivity contribution in [2.45, 2.75) is 11.3 Å². The number of sulfonamides is 1. The number of carbonyl (C=O) groups is 1. The topological polar surface area (TPSA) is 133 Å². The quantitative estimate of drug-likeness (QED) is 0.592. The van der Waals surface area contributed by atoms with Crippen LogP contribution in [0.4, 0.5) is 11.5 Å². The van der Waals surface area contributed by atoms with E-state index < -0.39 is 10.0 Å². The molecule has 27 heavy (non-hydrogen) atoms. The summed E-state index contributed by atoms with van der Waals surface area (Å²) in [6, 6.07) is 7.39. The highest BCUT2D eigenvalue weighted by atomic mass is 35.5. The van der Waals surface area contributed by atoms with Crippen LogP contribution in [0, 0.1) is 0 Å². The monoisotopic (exact) mass is 416 g/mol. The number of pyridine rings is 1. The third-order valence-electron chi connectivity index (χ3n) is 3.38. The van der Waals surface area contributed by atoms with Crippen LogP contribution in [0.15, 0.2) is 41.4 Å². The van der Waals surface area contributed by atoms with Crippen molar-refractivity contribution in [1.29, 1.82) is 0 Å². The number of nitrogens with zero attached hydrogens (tertiary/aromatic N) is 1. The smallest absolute Gasteiger partial charge is 0.240 e. The highest BCUT2D eigenvalue weighted by Gasteiger charge is 2.17. The van der Waals surface area contributed by atoms with Crippen molar-refractivity contribution >= 4 is 39.8 Å². The minimum absolute atomic E-state index is 0. The Morgan fingerprint density at radius 1 is 1.15 bits per heavy atom. The maximum atomic E-state index is 12.3. The van der Waals surface area contributed by atoms with Crippen LogP contribution in [-0.4, -0.2) is 40.1 Å². The first-order valence-electron chi connectivity index (χ1n) is 7.59. The lowest BCUT2D eigenvalue weighted by molar-refractivity contribution is -0.116. The van der Waals surface area contributed by atoms with Gasteiger partial charge in [0.05, 0.1) is 31.0 Å². The Morgan fingerprint density at radius 2 is 1.85 bits per heavy atom. The maximum absolute atomic E-state index is 12.3. The fourth-order valence-corrected chi connectivity index (χ4v) is 3.12. The van der Waals surface area contributed by atoms with Crippen LogP contribution < -0.4 is 25.2 Å². The van der Waals surface area contributed by atoms with Crippen molar-refractivity contribution in [2.75, 3.05) is 31.8 Å². The van der Waals surface area contributed by atoms with Crippen LogP contribution in [0.25, 0.3) is 0 Å². The first kappa shape index (κ1) is 22.5. The number of anilines is 2. The van der Waals surface area contributed by atoms with Crippen LogP contribution in [0.3, 0.4) is 0 Å². The molecule has 0 aliphatic heterocycles. The number of halogens is 1. The third kappa shape index (κ3) is 6.27. The normalized spacial score (nSPS) is 10.6. The molecule has 0 saturated heterocycles. The summed E-state index contributed by atoms with van der Waals surface area (Å²) in [5.41, 5.74) is 5.94. The standard InChI is InChI=1S/C16H20N4O5S.ClH/c1-24-13-5-4-12(9-14(13)25-2)26(22,23)19-8-7-16(21)20-11-3-6-15(17)18-10-11;/h3-6,9-10,19H,7-8H2,1-2H3,(H2,17,18)(H,20,21);1H. The highest BCUT2D eigenvalue weighted by Crippen LogP contribution is 2.29. The predicted octanol–water partition coefficient (Wildman–Crippen LogP) is 1.41. The van der Waals surface area contributed by atoms with E-state index in [1.54, 1.807) is 12.1 Å². The summed E-state index contributed by atoms with van der Waals surface area (Å²) in [6.45, 7) is -0.0646. The third-order valence-corrected chi connectivity index (χ3v) is 4.84. The Morgan fingerprint density at radius 3 is 2.44 bits per heavy atom. The van der Waals surface area contributed by atoms with Gasteiger partial charge in [0.2, 0.25) is 15.9 Å². The molecule has 11 heteroatoms. The minimum Gasteiger partial charge on any atom is -0.493 e. The van der Waals surface area contributed by atoms with Gasteiger partial charge in [-0.1, -0.05) is 0 Å². The first-order chi connectivity index (χ1) is 12.4. The Bertz CT molecular complexity index is 875. The molecule has 4 N–H and O–H groups in total. The van der Waals surface area contributed by atoms with Crippen LogP contribution >= 0.6 is 12.4 Å². The first-order valence-corrected chi connectivity index (χ1v) is 9.07. The van der Waals surface area contributed by atoms with E-state index in [-0.39, 0.29) is 36.2 Å². The summed E-state index contributed by atoms with van der Waals surface area (Å²) in [4.78, 5) is 15.7. The molecule has 1 aromatic carbocycles. The fraction of sp³-hybridized carbons (Fsp3) is 0.250. The van der Waals surface area contributed by atoms with Crippen LogP contribution in [0.5, 0.6) is 11.5 Å². The Kier molecular flexibility index (Phi) is 8.29. The molecule has 0 unspecified atom stereocenters. The number of carbonyl (C=O) groups excluding carboxylic acids is 1. The molecule has 0 spiro atoms. The molecule has 2 rings (SSSR count). The van der Waals surface area contributed by atoms with Crippen LogP contribution in [0.1, 0.15) is 6.42 Å². The van der Waals surface area contributed by atoms with Gasteiger partial charge in [0.25, 0.3) is 0 Å². The summed E-state index contributed by atoms with van der Waals surface area (Å²) in [5.74, 6) is 0.698. The van der Waals surface area contributed by atoms with Gasteiger partial charge in [0.15, 0.2) is 11.5 Å². The highest BCUT2D eigenvalue weighted by molar-refractivity contribution is 7.89. The van der Waals surface area contributed by atoms with Gasteiger partial charge in [-0.05, 0) is 24.3 Å². The van der Waals surface area contributed by atoms with Gasteiger partial charge < -0.3 is 20.5 Å². The van der Waals surface area contributed by atoms with Crippen molar-refractivity contribution in [2.24, 2.45) is 0 Å². The van der Waals surface area contributed by atoms with Gasteiger partial charge >= 0.3 is 0 Å². The second-order valence-electron chi connectivity index (χ2n) is 5.18. The Hall–Kier alpha value is -2.56. The van der Waals surface area contributed by atoms with Crippen molar-refractivity contribution in [3.63, 3.8) is 0 Å². The fourth-order valence-electron chi connectivity index (χ4n) is 2.07. The second kappa shape index (κ2) is 9.95. The van der Waals surface area contributed by atoms with Gasteiger partial charge in [-0.2, -0.15) is 0 Å². The molecule has 9 nitrogen and oxygen atoms in total. The van der Waals surface area contributed by atoms with Crippen LogP contribution in [0.2, 0.25) is 0 Å². The van der Waals surface area contributed by atoms with Gasteiger partial charge in [0, 0.05) is 19.0 Å². The summed E-state index contributed by atoms with van der Waals surface area (Å²) >= 11 is 0. The maximum Gasteiger partial charge on any atom is 0.240 e. The summed E-state index contributed by atoms with van der Waals surface area (Å²) in [7, 11) is -0.914. The van der Waals surface area contributed by atoms with Gasteiger partial charge in [0.1, 0.15) is 5.82 Å². The van der Waals surface area contributed by atoms with Gasteiger partial charge in [-0.15, -0.1) is 12.4 Å². The number of benzene rings is 1. The number of amides is 1. The molecule has 0 aliphatic rings. The van der Waals surface area contributed by atoms with Crippen molar-refractivity contribution < 1.29 is 22.7 Å². The van der Waals surface area contributed by atoms with E-state index in [2.05, 4.69) is 15.0 Å². The van der Waals surface area contributed by atoms with Gasteiger partial charge in [-0.3, -0.25) is 4.79 Å². The van der Waals surface area contributed by atoms with E-state index >= 15 is 0 Å². The number of aromatic nitrogens is 1. The number of hydrogen-bond acceptors (Lipinski definition) is 7. The Labute approximate surface area is 163 Å². The molecule has 0 saturated carbocycles. The van der Waals surface area contributed by atoms with Gasteiger partial charge in [-0.25, -0.2) is 18.1 Å². The van der Waals surface area contributed by atoms with E-state index in [4.69, 9.17) is 15.2 Å². The van der Waals surface area contributed by atoms with Crippen LogP contribution in [-0.2, 0) is 14.8 Å².